The quantitative estimate of drug-likeness (QED) is 0.0199. The standard InChI is InChI=1S/C82H153NO18/c1-3-5-7-9-11-13-15-17-19-21-23-25-27-29-31-32-34-35-37-39-41-43-45-47-49-51-53-55-57-59-66(87)65(83-70(88)60-58-56-54-52-50-48-46-44-42-40-38-36-33-30-28-26-24-22-20-18-16-14-12-10-8-6-4-2)64-96-80-76(94)73(91)78(68(62-85)98-80)101-82-77(95)74(92)79(69(63-86)99-82)100-81-75(93)72(90)71(89)67(61-84)97-81/h41,43,49,51,57,59,65-69,71-82,84-87,89-95H,3-40,42,44-48,50,52-56,58,60-64H2,1-2H3,(H,83,88)/b43-41+,51-49+,59-57+. The fourth-order valence-corrected chi connectivity index (χ4v) is 14.2. The molecule has 3 saturated heterocycles. The van der Waals surface area contributed by atoms with Crippen LogP contribution in [0.3, 0.4) is 0 Å². The molecule has 0 radical (unpaired) electrons. The largest absolute Gasteiger partial charge is 0.394 e. The molecule has 19 heteroatoms. The summed E-state index contributed by atoms with van der Waals surface area (Å²) in [5.74, 6) is -0.282. The van der Waals surface area contributed by atoms with Crippen molar-refractivity contribution in [3.63, 3.8) is 0 Å². The number of allylic oxidation sites excluding steroid dienone is 5. The molecule has 3 aliphatic rings. The van der Waals surface area contributed by atoms with Gasteiger partial charge in [0.15, 0.2) is 18.9 Å². The van der Waals surface area contributed by atoms with E-state index in [4.69, 9.17) is 28.4 Å². The molecule has 3 rings (SSSR count). The minimum atomic E-state index is -1.98. The molecule has 1 amide bonds. The van der Waals surface area contributed by atoms with Crippen LogP contribution in [0.15, 0.2) is 36.5 Å². The van der Waals surface area contributed by atoms with Gasteiger partial charge in [-0.15, -0.1) is 0 Å². The van der Waals surface area contributed by atoms with Crippen molar-refractivity contribution in [3.05, 3.63) is 36.5 Å². The maximum absolute atomic E-state index is 13.5. The van der Waals surface area contributed by atoms with Crippen LogP contribution >= 0.6 is 0 Å². The summed E-state index contributed by atoms with van der Waals surface area (Å²) >= 11 is 0. The van der Waals surface area contributed by atoms with E-state index in [0.717, 1.165) is 44.9 Å². The molecular formula is C82H153NO18. The topological polar surface area (TPSA) is 307 Å². The number of aliphatic hydroxyl groups excluding tert-OH is 11. The SMILES string of the molecule is CCCCCCCCCCCCCCCCCCCCC/C=C/CC/C=C/CC/C=C/C(O)C(COC1OC(CO)C(OC2OC(CO)C(OC3OC(CO)C(O)C(O)C3O)C(O)C2O)C(O)C1O)NC(=O)CCCCCCCCCCCCCCCCCCCCCCCCCCCCC. The molecule has 101 heavy (non-hydrogen) atoms. The Morgan fingerprint density at radius 1 is 0.347 bits per heavy atom. The molecule has 19 nitrogen and oxygen atoms in total. The van der Waals surface area contributed by atoms with Gasteiger partial charge in [0.1, 0.15) is 73.2 Å². The number of nitrogens with one attached hydrogen (secondary N) is 1. The van der Waals surface area contributed by atoms with Gasteiger partial charge in [0.25, 0.3) is 0 Å². The highest BCUT2D eigenvalue weighted by atomic mass is 16.8. The molecule has 594 valence electrons. The minimum Gasteiger partial charge on any atom is -0.394 e. The van der Waals surface area contributed by atoms with Gasteiger partial charge < -0.3 is 89.9 Å². The number of carbonyl (C=O) groups is 1. The Bertz CT molecular complexity index is 1960. The first-order valence-corrected chi connectivity index (χ1v) is 41.7. The van der Waals surface area contributed by atoms with Crippen molar-refractivity contribution in [2.24, 2.45) is 0 Å². The summed E-state index contributed by atoms with van der Waals surface area (Å²) in [4.78, 5) is 13.5. The monoisotopic (exact) mass is 1440 g/mol. The summed E-state index contributed by atoms with van der Waals surface area (Å²) in [6.07, 6.45) is 51.5. The molecule has 17 unspecified atom stereocenters. The van der Waals surface area contributed by atoms with Gasteiger partial charge in [-0.1, -0.05) is 333 Å². The number of rotatable bonds is 67. The van der Waals surface area contributed by atoms with E-state index in [1.165, 1.54) is 270 Å². The first kappa shape index (κ1) is 93.2. The Morgan fingerprint density at radius 2 is 0.634 bits per heavy atom. The van der Waals surface area contributed by atoms with Crippen molar-refractivity contribution in [1.29, 1.82) is 0 Å². The van der Waals surface area contributed by atoms with Crippen LogP contribution < -0.4 is 5.32 Å². The van der Waals surface area contributed by atoms with Crippen molar-refractivity contribution in [3.8, 4) is 0 Å². The third-order valence-electron chi connectivity index (χ3n) is 20.9. The number of ether oxygens (including phenoxy) is 6. The van der Waals surface area contributed by atoms with E-state index < -0.39 is 124 Å². The zero-order valence-electron chi connectivity index (χ0n) is 63.7. The summed E-state index contributed by atoms with van der Waals surface area (Å²) in [7, 11) is 0. The maximum Gasteiger partial charge on any atom is 0.220 e. The predicted octanol–water partition coefficient (Wildman–Crippen LogP) is 14.3. The van der Waals surface area contributed by atoms with E-state index in [-0.39, 0.29) is 18.9 Å². The molecule has 0 bridgehead atoms. The first-order chi connectivity index (χ1) is 49.3. The molecule has 3 heterocycles. The van der Waals surface area contributed by atoms with Crippen LogP contribution in [0.4, 0.5) is 0 Å². The summed E-state index contributed by atoms with van der Waals surface area (Å²) in [5.41, 5.74) is 0. The average Bonchev–Trinajstić information content (AvgIpc) is 0.782. The summed E-state index contributed by atoms with van der Waals surface area (Å²) < 4.78 is 34.5. The van der Waals surface area contributed by atoms with Crippen molar-refractivity contribution >= 4 is 5.91 Å². The van der Waals surface area contributed by atoms with Gasteiger partial charge in [-0.2, -0.15) is 0 Å². The smallest absolute Gasteiger partial charge is 0.220 e. The van der Waals surface area contributed by atoms with E-state index in [9.17, 15) is 61.0 Å². The second-order valence-corrected chi connectivity index (χ2v) is 29.9. The third kappa shape index (κ3) is 43.0. The minimum absolute atomic E-state index is 0.236. The number of aliphatic hydroxyl groups is 11. The number of hydrogen-bond donors (Lipinski definition) is 12. The van der Waals surface area contributed by atoms with Gasteiger partial charge in [0.05, 0.1) is 38.6 Å². The first-order valence-electron chi connectivity index (χ1n) is 41.7. The van der Waals surface area contributed by atoms with Gasteiger partial charge >= 0.3 is 0 Å². The normalized spacial score (nSPS) is 26.4. The van der Waals surface area contributed by atoms with Crippen molar-refractivity contribution in [2.45, 2.75) is 452 Å². The van der Waals surface area contributed by atoms with Gasteiger partial charge in [-0.05, 0) is 44.9 Å². The summed E-state index contributed by atoms with van der Waals surface area (Å²) in [5, 5.41) is 121. The number of unbranched alkanes of at least 4 members (excludes halogenated alkanes) is 47. The second-order valence-electron chi connectivity index (χ2n) is 29.9. The zero-order valence-corrected chi connectivity index (χ0v) is 63.7. The fraction of sp³-hybridized carbons (Fsp3) is 0.915. The second kappa shape index (κ2) is 63.0. The highest BCUT2D eigenvalue weighted by molar-refractivity contribution is 5.76. The molecule has 0 aromatic rings. The molecule has 3 aliphatic heterocycles. The van der Waals surface area contributed by atoms with Crippen LogP contribution in [-0.2, 0) is 33.2 Å². The molecule has 0 aromatic heterocycles. The highest BCUT2D eigenvalue weighted by Crippen LogP contribution is 2.33. The Balaban J connectivity index is 1.38. The van der Waals surface area contributed by atoms with E-state index >= 15 is 0 Å². The Kier molecular flexibility index (Phi) is 58.1. The van der Waals surface area contributed by atoms with Gasteiger partial charge in [0, 0.05) is 6.42 Å². The van der Waals surface area contributed by atoms with Crippen molar-refractivity contribution < 1.29 is 89.4 Å². The summed E-state index contributed by atoms with van der Waals surface area (Å²) in [6, 6.07) is -0.996. The maximum atomic E-state index is 13.5. The van der Waals surface area contributed by atoms with Gasteiger partial charge in [-0.3, -0.25) is 4.79 Å². The van der Waals surface area contributed by atoms with Gasteiger partial charge in [0.2, 0.25) is 5.91 Å². The zero-order chi connectivity index (χ0) is 73.2. The van der Waals surface area contributed by atoms with Crippen LogP contribution in [0.1, 0.15) is 348 Å². The van der Waals surface area contributed by atoms with E-state index in [1.54, 1.807) is 6.08 Å². The average molecular weight is 1440 g/mol. The molecule has 0 saturated carbocycles. The molecular weight excluding hydrogens is 1290 g/mol. The molecule has 3 fully saturated rings. The third-order valence-corrected chi connectivity index (χ3v) is 20.9. The van der Waals surface area contributed by atoms with Crippen LogP contribution in [-0.4, -0.2) is 193 Å². The Labute approximate surface area is 612 Å². The van der Waals surface area contributed by atoms with Crippen molar-refractivity contribution in [1.82, 2.24) is 5.32 Å². The lowest BCUT2D eigenvalue weighted by molar-refractivity contribution is -0.379. The molecule has 0 aromatic carbocycles. The predicted molar refractivity (Wildman–Crippen MR) is 402 cm³/mol. The molecule has 0 aliphatic carbocycles. The van der Waals surface area contributed by atoms with E-state index in [1.807, 2.05) is 6.08 Å². The molecule has 17 atom stereocenters. The van der Waals surface area contributed by atoms with E-state index in [2.05, 4.69) is 43.5 Å². The number of carbonyl (C=O) groups excluding carboxylic acids is 1. The Morgan fingerprint density at radius 3 is 0.990 bits per heavy atom. The Hall–Kier alpha value is -1.99. The molecule has 12 N–H and O–H groups in total. The van der Waals surface area contributed by atoms with Crippen LogP contribution in [0.25, 0.3) is 0 Å². The lowest BCUT2D eigenvalue weighted by atomic mass is 9.96. The number of hydrogen-bond acceptors (Lipinski definition) is 18. The fourth-order valence-electron chi connectivity index (χ4n) is 14.2. The van der Waals surface area contributed by atoms with Crippen LogP contribution in [0, 0.1) is 0 Å². The lowest BCUT2D eigenvalue weighted by Crippen LogP contribution is -2.66. The summed E-state index contributed by atoms with van der Waals surface area (Å²) in [6.45, 7) is 1.77. The van der Waals surface area contributed by atoms with Gasteiger partial charge in [-0.25, -0.2) is 0 Å². The van der Waals surface area contributed by atoms with Crippen molar-refractivity contribution in [2.75, 3.05) is 26.4 Å². The lowest BCUT2D eigenvalue weighted by Gasteiger charge is -2.48. The highest BCUT2D eigenvalue weighted by Gasteiger charge is 2.54. The van der Waals surface area contributed by atoms with Crippen LogP contribution in [0.2, 0.25) is 0 Å². The van der Waals surface area contributed by atoms with E-state index in [0.29, 0.717) is 12.8 Å². The number of amides is 1. The molecule has 0 spiro atoms. The van der Waals surface area contributed by atoms with Crippen LogP contribution in [0.5, 0.6) is 0 Å².